The highest BCUT2D eigenvalue weighted by Crippen LogP contribution is 2.21. The SMILES string of the molecule is CNc1cc(C)nc([C@@H]2CCCNC2)n1. The summed E-state index contributed by atoms with van der Waals surface area (Å²) < 4.78 is 0. The molecule has 2 heterocycles. The van der Waals surface area contributed by atoms with Crippen LogP contribution in [0.1, 0.15) is 30.3 Å². The van der Waals surface area contributed by atoms with Crippen molar-refractivity contribution in [1.29, 1.82) is 0 Å². The van der Waals surface area contributed by atoms with Gasteiger partial charge in [0.1, 0.15) is 11.6 Å². The number of anilines is 1. The van der Waals surface area contributed by atoms with Crippen molar-refractivity contribution < 1.29 is 0 Å². The predicted octanol–water partition coefficient (Wildman–Crippen LogP) is 1.29. The number of nitrogens with one attached hydrogen (secondary N) is 2. The van der Waals surface area contributed by atoms with Gasteiger partial charge in [-0.2, -0.15) is 0 Å². The Morgan fingerprint density at radius 2 is 2.33 bits per heavy atom. The summed E-state index contributed by atoms with van der Waals surface area (Å²) in [6.07, 6.45) is 2.41. The molecule has 1 aliphatic rings. The number of nitrogens with zero attached hydrogens (tertiary/aromatic N) is 2. The van der Waals surface area contributed by atoms with Crippen molar-refractivity contribution in [2.24, 2.45) is 0 Å². The van der Waals surface area contributed by atoms with Crippen molar-refractivity contribution >= 4 is 5.82 Å². The van der Waals surface area contributed by atoms with Crippen LogP contribution in [-0.4, -0.2) is 30.1 Å². The smallest absolute Gasteiger partial charge is 0.135 e. The van der Waals surface area contributed by atoms with Gasteiger partial charge in [0.15, 0.2) is 0 Å². The Balaban J connectivity index is 2.22. The minimum atomic E-state index is 0.478. The van der Waals surface area contributed by atoms with Crippen LogP contribution < -0.4 is 10.6 Å². The molecule has 0 spiro atoms. The molecule has 0 bridgehead atoms. The van der Waals surface area contributed by atoms with E-state index in [9.17, 15) is 0 Å². The highest BCUT2D eigenvalue weighted by molar-refractivity contribution is 5.35. The largest absolute Gasteiger partial charge is 0.373 e. The summed E-state index contributed by atoms with van der Waals surface area (Å²) in [6, 6.07) is 1.97. The van der Waals surface area contributed by atoms with Gasteiger partial charge in [0.2, 0.25) is 0 Å². The molecular formula is C11H18N4. The zero-order valence-electron chi connectivity index (χ0n) is 9.38. The van der Waals surface area contributed by atoms with Gasteiger partial charge in [-0.25, -0.2) is 9.97 Å². The lowest BCUT2D eigenvalue weighted by Crippen LogP contribution is -2.29. The second-order valence-corrected chi connectivity index (χ2v) is 4.05. The molecule has 4 heteroatoms. The molecule has 1 fully saturated rings. The molecular weight excluding hydrogens is 188 g/mol. The molecule has 1 atom stereocenters. The van der Waals surface area contributed by atoms with E-state index < -0.39 is 0 Å². The molecule has 2 N–H and O–H groups in total. The van der Waals surface area contributed by atoms with Crippen molar-refractivity contribution in [3.63, 3.8) is 0 Å². The van der Waals surface area contributed by atoms with Crippen molar-refractivity contribution in [2.75, 3.05) is 25.5 Å². The van der Waals surface area contributed by atoms with Crippen LogP contribution >= 0.6 is 0 Å². The first-order valence-electron chi connectivity index (χ1n) is 5.53. The average Bonchev–Trinajstić information content (AvgIpc) is 2.29. The van der Waals surface area contributed by atoms with Crippen LogP contribution in [0.3, 0.4) is 0 Å². The molecule has 82 valence electrons. The highest BCUT2D eigenvalue weighted by atomic mass is 15.0. The van der Waals surface area contributed by atoms with Gasteiger partial charge in [-0.3, -0.25) is 0 Å². The van der Waals surface area contributed by atoms with Gasteiger partial charge in [0.25, 0.3) is 0 Å². The lowest BCUT2D eigenvalue weighted by atomic mass is 9.99. The van der Waals surface area contributed by atoms with Gasteiger partial charge in [-0.1, -0.05) is 0 Å². The molecule has 4 nitrogen and oxygen atoms in total. The van der Waals surface area contributed by atoms with E-state index in [0.29, 0.717) is 5.92 Å². The fraction of sp³-hybridized carbons (Fsp3) is 0.636. The van der Waals surface area contributed by atoms with E-state index in [-0.39, 0.29) is 0 Å². The molecule has 0 radical (unpaired) electrons. The van der Waals surface area contributed by atoms with Gasteiger partial charge < -0.3 is 10.6 Å². The van der Waals surface area contributed by atoms with Gasteiger partial charge in [-0.15, -0.1) is 0 Å². The summed E-state index contributed by atoms with van der Waals surface area (Å²) in [5, 5.41) is 6.47. The van der Waals surface area contributed by atoms with E-state index in [0.717, 1.165) is 30.4 Å². The number of hydrogen-bond acceptors (Lipinski definition) is 4. The van der Waals surface area contributed by atoms with Gasteiger partial charge in [0.05, 0.1) is 0 Å². The Morgan fingerprint density at radius 1 is 1.47 bits per heavy atom. The number of aryl methyl sites for hydroxylation is 1. The second kappa shape index (κ2) is 4.57. The van der Waals surface area contributed by atoms with Crippen LogP contribution in [-0.2, 0) is 0 Å². The minimum absolute atomic E-state index is 0.478. The lowest BCUT2D eigenvalue weighted by molar-refractivity contribution is 0.446. The lowest BCUT2D eigenvalue weighted by Gasteiger charge is -2.21. The first-order valence-corrected chi connectivity index (χ1v) is 5.53. The summed E-state index contributed by atoms with van der Waals surface area (Å²) in [7, 11) is 1.89. The average molecular weight is 206 g/mol. The van der Waals surface area contributed by atoms with E-state index in [1.807, 2.05) is 20.0 Å². The van der Waals surface area contributed by atoms with Crippen molar-refractivity contribution in [3.05, 3.63) is 17.6 Å². The summed E-state index contributed by atoms with van der Waals surface area (Å²) in [4.78, 5) is 9.03. The Hall–Kier alpha value is -1.16. The quantitative estimate of drug-likeness (QED) is 0.765. The highest BCUT2D eigenvalue weighted by Gasteiger charge is 2.18. The molecule has 1 aliphatic heterocycles. The predicted molar refractivity (Wildman–Crippen MR) is 61.2 cm³/mol. The van der Waals surface area contributed by atoms with Crippen LogP contribution in [0.25, 0.3) is 0 Å². The van der Waals surface area contributed by atoms with Gasteiger partial charge in [0, 0.05) is 31.3 Å². The fourth-order valence-corrected chi connectivity index (χ4v) is 1.97. The zero-order valence-corrected chi connectivity index (χ0v) is 9.38. The third-order valence-electron chi connectivity index (χ3n) is 2.79. The summed E-state index contributed by atoms with van der Waals surface area (Å²) in [5.74, 6) is 2.38. The summed E-state index contributed by atoms with van der Waals surface area (Å²) >= 11 is 0. The monoisotopic (exact) mass is 206 g/mol. The topological polar surface area (TPSA) is 49.8 Å². The molecule has 15 heavy (non-hydrogen) atoms. The van der Waals surface area contributed by atoms with Crippen LogP contribution in [0.2, 0.25) is 0 Å². The molecule has 0 aromatic carbocycles. The van der Waals surface area contributed by atoms with Gasteiger partial charge in [-0.05, 0) is 26.3 Å². The Morgan fingerprint density at radius 3 is 3.00 bits per heavy atom. The summed E-state index contributed by atoms with van der Waals surface area (Å²) in [5.41, 5.74) is 1.04. The normalized spacial score (nSPS) is 21.3. The maximum absolute atomic E-state index is 4.51. The molecule has 0 aliphatic carbocycles. The first kappa shape index (κ1) is 10.4. The second-order valence-electron chi connectivity index (χ2n) is 4.05. The third kappa shape index (κ3) is 2.45. The molecule has 2 rings (SSSR count). The first-order chi connectivity index (χ1) is 7.29. The Kier molecular flexibility index (Phi) is 3.16. The molecule has 1 aromatic rings. The Bertz CT molecular complexity index is 331. The van der Waals surface area contributed by atoms with Crippen LogP contribution in [0, 0.1) is 6.92 Å². The van der Waals surface area contributed by atoms with E-state index in [1.165, 1.54) is 12.8 Å². The fourth-order valence-electron chi connectivity index (χ4n) is 1.97. The number of hydrogen-bond donors (Lipinski definition) is 2. The molecule has 1 saturated heterocycles. The van der Waals surface area contributed by atoms with Crippen LogP contribution in [0.15, 0.2) is 6.07 Å². The van der Waals surface area contributed by atoms with Crippen molar-refractivity contribution in [1.82, 2.24) is 15.3 Å². The molecule has 0 saturated carbocycles. The molecule has 0 amide bonds. The third-order valence-corrected chi connectivity index (χ3v) is 2.79. The number of aromatic nitrogens is 2. The number of piperidine rings is 1. The van der Waals surface area contributed by atoms with Crippen molar-refractivity contribution in [2.45, 2.75) is 25.7 Å². The summed E-state index contributed by atoms with van der Waals surface area (Å²) in [6.45, 7) is 4.15. The van der Waals surface area contributed by atoms with E-state index in [4.69, 9.17) is 0 Å². The maximum Gasteiger partial charge on any atom is 0.135 e. The van der Waals surface area contributed by atoms with Gasteiger partial charge >= 0.3 is 0 Å². The van der Waals surface area contributed by atoms with Crippen LogP contribution in [0.4, 0.5) is 5.82 Å². The molecule has 1 aromatic heterocycles. The number of rotatable bonds is 2. The van der Waals surface area contributed by atoms with Crippen LogP contribution in [0.5, 0.6) is 0 Å². The molecule has 0 unspecified atom stereocenters. The zero-order chi connectivity index (χ0) is 10.7. The van der Waals surface area contributed by atoms with E-state index >= 15 is 0 Å². The van der Waals surface area contributed by atoms with E-state index in [2.05, 4.69) is 20.6 Å². The minimum Gasteiger partial charge on any atom is -0.373 e. The van der Waals surface area contributed by atoms with Crippen molar-refractivity contribution in [3.8, 4) is 0 Å². The Labute approximate surface area is 90.5 Å². The standard InChI is InChI=1S/C11H18N4/c1-8-6-10(12-2)15-11(14-8)9-4-3-5-13-7-9/h6,9,13H,3-5,7H2,1-2H3,(H,12,14,15)/t9-/m1/s1. The van der Waals surface area contributed by atoms with E-state index in [1.54, 1.807) is 0 Å². The maximum atomic E-state index is 4.51.